The fraction of sp³-hybridized carbons (Fsp3) is 0.377. The number of urea groups is 2. The van der Waals surface area contributed by atoms with Gasteiger partial charge in [-0.1, -0.05) is 97.1 Å². The lowest BCUT2D eigenvalue weighted by molar-refractivity contribution is -0.0663. The third-order valence-corrected chi connectivity index (χ3v) is 15.7. The summed E-state index contributed by atoms with van der Waals surface area (Å²) in [6, 6.07) is 50.4. The summed E-state index contributed by atoms with van der Waals surface area (Å²) in [5.74, 6) is 2.04. The van der Waals surface area contributed by atoms with Gasteiger partial charge in [-0.15, -0.1) is 0 Å². The van der Waals surface area contributed by atoms with Crippen LogP contribution in [0.3, 0.4) is 0 Å². The van der Waals surface area contributed by atoms with Crippen LogP contribution in [0.1, 0.15) is 59.8 Å². The number of rotatable bonds is 11. The molecule has 4 aliphatic rings. The van der Waals surface area contributed by atoms with E-state index in [4.69, 9.17) is 14.2 Å². The van der Waals surface area contributed by atoms with Crippen LogP contribution in [0.25, 0.3) is 22.3 Å². The fourth-order valence-corrected chi connectivity index (χ4v) is 11.7. The van der Waals surface area contributed by atoms with Crippen molar-refractivity contribution in [3.8, 4) is 33.8 Å². The first kappa shape index (κ1) is 51.2. The molecule has 6 aromatic rings. The zero-order chi connectivity index (χ0) is 50.8. The first-order valence-corrected chi connectivity index (χ1v) is 26.0. The molecule has 3 N–H and O–H groups in total. The first-order chi connectivity index (χ1) is 35.7. The van der Waals surface area contributed by atoms with Gasteiger partial charge in [-0.3, -0.25) is 9.80 Å². The number of nitrogens with zero attached hydrogens (tertiary/aromatic N) is 4. The van der Waals surface area contributed by atoms with Gasteiger partial charge in [0, 0.05) is 80.7 Å². The lowest BCUT2D eigenvalue weighted by Gasteiger charge is -2.57. The van der Waals surface area contributed by atoms with Crippen molar-refractivity contribution in [2.45, 2.75) is 75.5 Å². The maximum atomic E-state index is 13.3. The molecule has 0 aromatic heterocycles. The number of methoxy groups -OCH3 is 3. The summed E-state index contributed by atoms with van der Waals surface area (Å²) in [4.78, 5) is 35.4. The van der Waals surface area contributed by atoms with Crippen molar-refractivity contribution in [2.24, 2.45) is 0 Å². The Morgan fingerprint density at radius 1 is 0.521 bits per heavy atom. The Labute approximate surface area is 431 Å². The van der Waals surface area contributed by atoms with E-state index in [1.165, 1.54) is 44.5 Å². The Morgan fingerprint density at radius 3 is 1.32 bits per heavy atom. The number of ether oxygens (including phenoxy) is 3. The summed E-state index contributed by atoms with van der Waals surface area (Å²) in [5.41, 5.74) is 11.6. The predicted molar refractivity (Wildman–Crippen MR) is 292 cm³/mol. The topological polar surface area (TPSA) is 119 Å². The van der Waals surface area contributed by atoms with Crippen molar-refractivity contribution in [2.75, 3.05) is 84.4 Å². The molecule has 4 heterocycles. The van der Waals surface area contributed by atoms with E-state index in [2.05, 4.69) is 131 Å². The molecule has 0 aliphatic carbocycles. The number of aryl methyl sites for hydroxylation is 2. The van der Waals surface area contributed by atoms with Gasteiger partial charge in [0.25, 0.3) is 0 Å². The van der Waals surface area contributed by atoms with E-state index in [0.29, 0.717) is 31.7 Å². The van der Waals surface area contributed by atoms with Gasteiger partial charge in [0.05, 0.1) is 27.4 Å². The van der Waals surface area contributed by atoms with E-state index < -0.39 is 0 Å². The van der Waals surface area contributed by atoms with Crippen molar-refractivity contribution in [3.63, 3.8) is 0 Å². The number of carbonyl (C=O) groups is 2. The molecular formula is C61H72N6O6. The molecule has 4 fully saturated rings. The smallest absolute Gasteiger partial charge is 0.321 e. The lowest BCUT2D eigenvalue weighted by atomic mass is 9.74. The molecule has 0 unspecified atom stereocenters. The van der Waals surface area contributed by atoms with Gasteiger partial charge in [0.1, 0.15) is 11.5 Å². The zero-order valence-electron chi connectivity index (χ0n) is 43.1. The molecule has 382 valence electrons. The Balaban J connectivity index is 0.000000180. The monoisotopic (exact) mass is 985 g/mol. The molecule has 73 heavy (non-hydrogen) atoms. The number of amides is 4. The molecule has 12 nitrogen and oxygen atoms in total. The van der Waals surface area contributed by atoms with Gasteiger partial charge in [-0.05, 0) is 146 Å². The van der Waals surface area contributed by atoms with Crippen LogP contribution >= 0.6 is 0 Å². The Hall–Kier alpha value is -6.70. The summed E-state index contributed by atoms with van der Waals surface area (Å²) in [7, 11) is 5.05. The zero-order valence-corrected chi connectivity index (χ0v) is 43.1. The van der Waals surface area contributed by atoms with Crippen LogP contribution < -0.4 is 20.1 Å². The van der Waals surface area contributed by atoms with E-state index >= 15 is 0 Å². The molecule has 4 aliphatic heterocycles. The lowest BCUT2D eigenvalue weighted by Crippen LogP contribution is -2.68. The summed E-state index contributed by atoms with van der Waals surface area (Å²) in [6.07, 6.45) is 4.03. The summed E-state index contributed by atoms with van der Waals surface area (Å²) < 4.78 is 16.1. The second-order valence-corrected chi connectivity index (χ2v) is 19.9. The predicted octanol–water partition coefficient (Wildman–Crippen LogP) is 10.9. The molecule has 4 amide bonds. The number of hydrogen-bond acceptors (Lipinski definition) is 8. The number of aliphatic hydroxyl groups excluding tert-OH is 1. The SMILES string of the molecule is COC[C@@H]1[C@H](c2ccc(-c3ccccc3C)cc2)[C@@H]2CN(C(=O)Nc3ccc(OC)cc3)CCCCN12.COc1ccc(NC(=O)N2CCCCN3[C@H](CO)[C@H](c4ccc(-c5ccccc5C)cc4)[C@@H]3C2)cc1. The van der Waals surface area contributed by atoms with E-state index in [1.54, 1.807) is 21.3 Å². The molecule has 6 aromatic carbocycles. The van der Waals surface area contributed by atoms with E-state index in [-0.39, 0.29) is 42.7 Å². The molecule has 0 spiro atoms. The molecule has 4 saturated heterocycles. The molecular weight excluding hydrogens is 913 g/mol. The van der Waals surface area contributed by atoms with Gasteiger partial charge in [0.15, 0.2) is 0 Å². The normalized spacial score (nSPS) is 21.9. The van der Waals surface area contributed by atoms with Crippen LogP contribution in [0.4, 0.5) is 21.0 Å². The number of aliphatic hydroxyl groups is 1. The van der Waals surface area contributed by atoms with Crippen molar-refractivity contribution in [3.05, 3.63) is 168 Å². The minimum absolute atomic E-state index is 0.0455. The molecule has 0 radical (unpaired) electrons. The van der Waals surface area contributed by atoms with Crippen molar-refractivity contribution in [1.82, 2.24) is 19.6 Å². The highest BCUT2D eigenvalue weighted by Crippen LogP contribution is 2.44. The Bertz CT molecular complexity index is 2750. The highest BCUT2D eigenvalue weighted by molar-refractivity contribution is 5.90. The third-order valence-electron chi connectivity index (χ3n) is 15.7. The second kappa shape index (κ2) is 23.9. The van der Waals surface area contributed by atoms with Crippen molar-refractivity contribution < 1.29 is 28.9 Å². The molecule has 12 heteroatoms. The molecule has 0 bridgehead atoms. The van der Waals surface area contributed by atoms with Gasteiger partial charge in [0.2, 0.25) is 0 Å². The van der Waals surface area contributed by atoms with Crippen molar-refractivity contribution >= 4 is 23.4 Å². The minimum Gasteiger partial charge on any atom is -0.497 e. The van der Waals surface area contributed by atoms with Crippen molar-refractivity contribution in [1.29, 1.82) is 0 Å². The number of nitrogens with one attached hydrogen (secondary N) is 2. The number of anilines is 2. The number of fused-ring (bicyclic) bond motifs is 2. The van der Waals surface area contributed by atoms with Crippen LogP contribution in [0.5, 0.6) is 11.5 Å². The van der Waals surface area contributed by atoms with E-state index in [1.807, 2.05) is 58.3 Å². The van der Waals surface area contributed by atoms with Crippen LogP contribution in [0.15, 0.2) is 146 Å². The van der Waals surface area contributed by atoms with E-state index in [0.717, 1.165) is 74.7 Å². The fourth-order valence-electron chi connectivity index (χ4n) is 11.7. The minimum atomic E-state index is -0.0804. The molecule has 0 saturated carbocycles. The average Bonchev–Trinajstić information content (AvgIpc) is 3.40. The Kier molecular flexibility index (Phi) is 16.8. The van der Waals surface area contributed by atoms with Crippen LogP contribution in [0.2, 0.25) is 0 Å². The van der Waals surface area contributed by atoms with Gasteiger partial charge >= 0.3 is 12.1 Å². The highest BCUT2D eigenvalue weighted by Gasteiger charge is 2.51. The highest BCUT2D eigenvalue weighted by atomic mass is 16.5. The van der Waals surface area contributed by atoms with Gasteiger partial charge in [-0.2, -0.15) is 0 Å². The average molecular weight is 985 g/mol. The third kappa shape index (κ3) is 11.6. The van der Waals surface area contributed by atoms with Crippen LogP contribution in [0, 0.1) is 13.8 Å². The maximum Gasteiger partial charge on any atom is 0.321 e. The number of benzene rings is 6. The quantitative estimate of drug-likeness (QED) is 0.117. The Morgan fingerprint density at radius 2 is 0.918 bits per heavy atom. The maximum absolute atomic E-state index is 13.3. The first-order valence-electron chi connectivity index (χ1n) is 26.0. The largest absolute Gasteiger partial charge is 0.497 e. The number of hydrogen-bond donors (Lipinski definition) is 3. The summed E-state index contributed by atoms with van der Waals surface area (Å²) in [6.45, 7) is 9.95. The van der Waals surface area contributed by atoms with Crippen LogP contribution in [-0.4, -0.2) is 135 Å². The standard InChI is InChI=1S/C31H37N3O3.C30H35N3O3/c1-22-8-4-5-9-27(22)23-10-12-24(13-11-23)30-28-20-33(18-6-7-19-34(28)29(30)21-36-2)31(35)32-25-14-16-26(37-3)17-15-25;1-21-7-3-4-8-26(21)22-9-11-23(12-10-22)29-27-19-32(17-5-6-18-33(27)28(29)20-34)30(35)31-24-13-15-25(36-2)16-14-24/h4-5,8-17,28-30H,6-7,18-21H2,1-3H3,(H,32,35);3-4,7-16,27-29,34H,5-6,17-20H2,1-2H3,(H,31,35)/t28-,29+,30+;27-,28+,29+/m00/s1. The number of carbonyl (C=O) groups excluding carboxylic acids is 2. The van der Waals surface area contributed by atoms with Crippen LogP contribution in [-0.2, 0) is 4.74 Å². The second-order valence-electron chi connectivity index (χ2n) is 19.9. The van der Waals surface area contributed by atoms with Gasteiger partial charge in [-0.25, -0.2) is 9.59 Å². The van der Waals surface area contributed by atoms with E-state index in [9.17, 15) is 14.7 Å². The molecule has 6 atom stereocenters. The summed E-state index contributed by atoms with van der Waals surface area (Å²) >= 11 is 0. The molecule has 10 rings (SSSR count). The van der Waals surface area contributed by atoms with Gasteiger partial charge < -0.3 is 39.8 Å². The summed E-state index contributed by atoms with van der Waals surface area (Å²) in [5, 5.41) is 16.4.